The topological polar surface area (TPSA) is 67.8 Å². The minimum atomic E-state index is 0.00973. The highest BCUT2D eigenvalue weighted by Gasteiger charge is 2.14. The standard InChI is InChI=1S/C21H30N4O2/c1-6-23-21(24-12-10-17-9-11-22-14-15(17)2)25-16(3)19-13-18(26-4)7-8-20(19)27-5/h7-9,11,13-14,16H,6,10,12H2,1-5H3,(H2,23,24,25). The Hall–Kier alpha value is -2.76. The third kappa shape index (κ3) is 5.88. The highest BCUT2D eigenvalue weighted by Crippen LogP contribution is 2.29. The number of guanidine groups is 1. The minimum Gasteiger partial charge on any atom is -0.497 e. The van der Waals surface area contributed by atoms with Crippen LogP contribution in [0.4, 0.5) is 0 Å². The fourth-order valence-electron chi connectivity index (χ4n) is 2.85. The van der Waals surface area contributed by atoms with Gasteiger partial charge < -0.3 is 20.1 Å². The fourth-order valence-corrected chi connectivity index (χ4v) is 2.85. The van der Waals surface area contributed by atoms with Crippen molar-refractivity contribution in [1.29, 1.82) is 0 Å². The SMILES string of the molecule is CCNC(=NCCc1ccncc1C)NC(C)c1cc(OC)ccc1OC. The number of nitrogens with zero attached hydrogens (tertiary/aromatic N) is 2. The lowest BCUT2D eigenvalue weighted by atomic mass is 10.1. The average molecular weight is 370 g/mol. The van der Waals surface area contributed by atoms with Gasteiger partial charge in [0.1, 0.15) is 11.5 Å². The number of methoxy groups -OCH3 is 2. The summed E-state index contributed by atoms with van der Waals surface area (Å²) in [7, 11) is 3.34. The lowest BCUT2D eigenvalue weighted by Gasteiger charge is -2.21. The van der Waals surface area contributed by atoms with E-state index in [0.717, 1.165) is 36.0 Å². The zero-order valence-electron chi connectivity index (χ0n) is 16.9. The van der Waals surface area contributed by atoms with Crippen molar-refractivity contribution in [3.63, 3.8) is 0 Å². The van der Waals surface area contributed by atoms with Gasteiger partial charge in [-0.2, -0.15) is 0 Å². The number of pyridine rings is 1. The summed E-state index contributed by atoms with van der Waals surface area (Å²) < 4.78 is 10.8. The molecule has 1 aromatic heterocycles. The van der Waals surface area contributed by atoms with E-state index in [-0.39, 0.29) is 6.04 Å². The first-order chi connectivity index (χ1) is 13.1. The Morgan fingerprint density at radius 3 is 2.70 bits per heavy atom. The molecule has 0 fully saturated rings. The number of ether oxygens (including phenoxy) is 2. The summed E-state index contributed by atoms with van der Waals surface area (Å²) in [4.78, 5) is 8.85. The number of benzene rings is 1. The number of aryl methyl sites for hydroxylation is 1. The zero-order chi connectivity index (χ0) is 19.6. The Morgan fingerprint density at radius 1 is 1.22 bits per heavy atom. The van der Waals surface area contributed by atoms with Gasteiger partial charge in [0.2, 0.25) is 0 Å². The van der Waals surface area contributed by atoms with Crippen LogP contribution in [-0.2, 0) is 6.42 Å². The third-order valence-corrected chi connectivity index (χ3v) is 4.39. The second kappa shape index (κ2) is 10.4. The molecular weight excluding hydrogens is 340 g/mol. The van der Waals surface area contributed by atoms with Crippen LogP contribution in [0.1, 0.15) is 36.6 Å². The van der Waals surface area contributed by atoms with E-state index in [1.54, 1.807) is 14.2 Å². The molecule has 0 aliphatic rings. The molecule has 0 aliphatic heterocycles. The monoisotopic (exact) mass is 370 g/mol. The number of hydrogen-bond donors (Lipinski definition) is 2. The first kappa shape index (κ1) is 20.6. The predicted molar refractivity (Wildman–Crippen MR) is 110 cm³/mol. The largest absolute Gasteiger partial charge is 0.497 e. The normalized spacial score (nSPS) is 12.4. The van der Waals surface area contributed by atoms with E-state index in [2.05, 4.69) is 42.5 Å². The molecular formula is C21H30N4O2. The van der Waals surface area contributed by atoms with Gasteiger partial charge in [0.05, 0.1) is 20.3 Å². The smallest absolute Gasteiger partial charge is 0.191 e. The maximum atomic E-state index is 5.50. The van der Waals surface area contributed by atoms with Crippen molar-refractivity contribution >= 4 is 5.96 Å². The summed E-state index contributed by atoms with van der Waals surface area (Å²) in [5.74, 6) is 2.40. The molecule has 0 saturated heterocycles. The van der Waals surface area contributed by atoms with Crippen molar-refractivity contribution in [2.24, 2.45) is 4.99 Å². The van der Waals surface area contributed by atoms with Crippen molar-refractivity contribution in [3.8, 4) is 11.5 Å². The average Bonchev–Trinajstić information content (AvgIpc) is 2.69. The summed E-state index contributed by atoms with van der Waals surface area (Å²) in [6.07, 6.45) is 4.59. The molecule has 1 unspecified atom stereocenters. The first-order valence-electron chi connectivity index (χ1n) is 9.25. The van der Waals surface area contributed by atoms with Crippen LogP contribution >= 0.6 is 0 Å². The molecule has 0 radical (unpaired) electrons. The van der Waals surface area contributed by atoms with Crippen molar-refractivity contribution in [2.45, 2.75) is 33.2 Å². The third-order valence-electron chi connectivity index (χ3n) is 4.39. The van der Waals surface area contributed by atoms with Gasteiger partial charge in [-0.25, -0.2) is 0 Å². The highest BCUT2D eigenvalue weighted by molar-refractivity contribution is 5.80. The molecule has 27 heavy (non-hydrogen) atoms. The molecule has 2 aromatic rings. The molecule has 6 nitrogen and oxygen atoms in total. The molecule has 2 N–H and O–H groups in total. The van der Waals surface area contributed by atoms with E-state index < -0.39 is 0 Å². The molecule has 1 heterocycles. The molecule has 0 amide bonds. The van der Waals surface area contributed by atoms with Crippen molar-refractivity contribution in [1.82, 2.24) is 15.6 Å². The van der Waals surface area contributed by atoms with Gasteiger partial charge in [0.25, 0.3) is 0 Å². The number of nitrogens with one attached hydrogen (secondary N) is 2. The van der Waals surface area contributed by atoms with Crippen molar-refractivity contribution < 1.29 is 9.47 Å². The number of hydrogen-bond acceptors (Lipinski definition) is 4. The lowest BCUT2D eigenvalue weighted by molar-refractivity contribution is 0.394. The Morgan fingerprint density at radius 2 is 2.04 bits per heavy atom. The predicted octanol–water partition coefficient (Wildman–Crippen LogP) is 3.27. The van der Waals surface area contributed by atoms with Crippen LogP contribution in [-0.4, -0.2) is 38.3 Å². The van der Waals surface area contributed by atoms with E-state index >= 15 is 0 Å². The molecule has 6 heteroatoms. The maximum Gasteiger partial charge on any atom is 0.191 e. The molecule has 2 rings (SSSR count). The summed E-state index contributed by atoms with van der Waals surface area (Å²) in [5, 5.41) is 6.76. The Balaban J connectivity index is 2.09. The summed E-state index contributed by atoms with van der Waals surface area (Å²) in [5.41, 5.74) is 3.49. The van der Waals surface area contributed by atoms with Crippen LogP contribution in [0.25, 0.3) is 0 Å². The number of rotatable bonds is 8. The van der Waals surface area contributed by atoms with Gasteiger partial charge in [-0.05, 0) is 62.6 Å². The second-order valence-electron chi connectivity index (χ2n) is 6.29. The molecule has 146 valence electrons. The van der Waals surface area contributed by atoms with Gasteiger partial charge in [-0.15, -0.1) is 0 Å². The van der Waals surface area contributed by atoms with Crippen LogP contribution in [0.5, 0.6) is 11.5 Å². The fraction of sp³-hybridized carbons (Fsp3) is 0.429. The first-order valence-corrected chi connectivity index (χ1v) is 9.25. The Labute approximate surface area is 162 Å². The van der Waals surface area contributed by atoms with E-state index in [1.165, 1.54) is 11.1 Å². The van der Waals surface area contributed by atoms with Crippen LogP contribution in [0.3, 0.4) is 0 Å². The zero-order valence-corrected chi connectivity index (χ0v) is 16.9. The van der Waals surface area contributed by atoms with Gasteiger partial charge in [-0.1, -0.05) is 0 Å². The van der Waals surface area contributed by atoms with Crippen LogP contribution in [0, 0.1) is 6.92 Å². The molecule has 1 atom stereocenters. The Bertz CT molecular complexity index is 762. The highest BCUT2D eigenvalue weighted by atomic mass is 16.5. The summed E-state index contributed by atoms with van der Waals surface area (Å²) in [6, 6.07) is 7.86. The number of aliphatic imine (C=N–C) groups is 1. The molecule has 0 bridgehead atoms. The van der Waals surface area contributed by atoms with Crippen LogP contribution in [0.15, 0.2) is 41.7 Å². The van der Waals surface area contributed by atoms with Crippen molar-refractivity contribution in [3.05, 3.63) is 53.3 Å². The molecule has 1 aromatic carbocycles. The van der Waals surface area contributed by atoms with Crippen LogP contribution < -0.4 is 20.1 Å². The van der Waals surface area contributed by atoms with E-state index in [0.29, 0.717) is 6.54 Å². The molecule has 0 spiro atoms. The maximum absolute atomic E-state index is 5.50. The second-order valence-corrected chi connectivity index (χ2v) is 6.29. The van der Waals surface area contributed by atoms with E-state index in [4.69, 9.17) is 14.5 Å². The minimum absolute atomic E-state index is 0.00973. The van der Waals surface area contributed by atoms with E-state index in [9.17, 15) is 0 Å². The molecule has 0 saturated carbocycles. The van der Waals surface area contributed by atoms with Gasteiger partial charge >= 0.3 is 0 Å². The summed E-state index contributed by atoms with van der Waals surface area (Å²) in [6.45, 7) is 7.70. The molecule has 0 aliphatic carbocycles. The Kier molecular flexibility index (Phi) is 7.92. The quantitative estimate of drug-likeness (QED) is 0.551. The van der Waals surface area contributed by atoms with Gasteiger partial charge in [0, 0.05) is 31.0 Å². The van der Waals surface area contributed by atoms with Gasteiger partial charge in [0.15, 0.2) is 5.96 Å². The van der Waals surface area contributed by atoms with Crippen LogP contribution in [0.2, 0.25) is 0 Å². The number of aromatic nitrogens is 1. The van der Waals surface area contributed by atoms with Gasteiger partial charge in [-0.3, -0.25) is 9.98 Å². The van der Waals surface area contributed by atoms with Crippen molar-refractivity contribution in [2.75, 3.05) is 27.3 Å². The van der Waals surface area contributed by atoms with E-state index in [1.807, 2.05) is 30.6 Å². The lowest BCUT2D eigenvalue weighted by Crippen LogP contribution is -2.39. The summed E-state index contributed by atoms with van der Waals surface area (Å²) >= 11 is 0.